The van der Waals surface area contributed by atoms with Gasteiger partial charge in [-0.3, -0.25) is 0 Å². The molecule has 0 amide bonds. The molecule has 2 aromatic carbocycles. The summed E-state index contributed by atoms with van der Waals surface area (Å²) in [5.41, 5.74) is 1.70. The first-order valence-electron chi connectivity index (χ1n) is 6.22. The van der Waals surface area contributed by atoms with E-state index in [1.165, 1.54) is 7.11 Å². The molecule has 0 saturated carbocycles. The van der Waals surface area contributed by atoms with Crippen molar-refractivity contribution in [1.82, 2.24) is 0 Å². The van der Waals surface area contributed by atoms with Crippen LogP contribution < -0.4 is 4.74 Å². The summed E-state index contributed by atoms with van der Waals surface area (Å²) in [7, 11) is 1.47. The van der Waals surface area contributed by atoms with Crippen LogP contribution in [-0.4, -0.2) is 7.11 Å². The number of halogens is 2. The van der Waals surface area contributed by atoms with Gasteiger partial charge in [0.1, 0.15) is 0 Å². The lowest BCUT2D eigenvalue weighted by atomic mass is 10.0. The largest absolute Gasteiger partial charge is 0.494 e. The minimum absolute atomic E-state index is 0.105. The molecule has 0 aromatic heterocycles. The van der Waals surface area contributed by atoms with Crippen molar-refractivity contribution in [3.63, 3.8) is 0 Å². The third-order valence-electron chi connectivity index (χ3n) is 3.09. The van der Waals surface area contributed by atoms with Crippen LogP contribution in [0, 0.1) is 5.82 Å². The number of aryl methyl sites for hydroxylation is 1. The number of methoxy groups -OCH3 is 1. The number of benzene rings is 2. The lowest BCUT2D eigenvalue weighted by molar-refractivity contribution is 0.384. The van der Waals surface area contributed by atoms with Crippen molar-refractivity contribution >= 4 is 11.6 Å². The van der Waals surface area contributed by atoms with E-state index in [1.807, 2.05) is 30.3 Å². The second-order valence-electron chi connectivity index (χ2n) is 4.35. The van der Waals surface area contributed by atoms with Gasteiger partial charge in [0.05, 0.1) is 12.5 Å². The molecular weight excluding hydrogens is 263 g/mol. The molecule has 0 fully saturated rings. The topological polar surface area (TPSA) is 9.23 Å². The molecule has 1 nitrogen and oxygen atoms in total. The van der Waals surface area contributed by atoms with Crippen LogP contribution in [0.4, 0.5) is 4.39 Å². The van der Waals surface area contributed by atoms with Gasteiger partial charge in [0, 0.05) is 0 Å². The van der Waals surface area contributed by atoms with E-state index in [0.717, 1.165) is 5.56 Å². The third-order valence-corrected chi connectivity index (χ3v) is 3.56. The van der Waals surface area contributed by atoms with Crippen LogP contribution in [0.15, 0.2) is 48.5 Å². The van der Waals surface area contributed by atoms with Crippen molar-refractivity contribution in [2.45, 2.75) is 18.2 Å². The third kappa shape index (κ3) is 3.48. The lowest BCUT2D eigenvalue weighted by Gasteiger charge is -2.11. The van der Waals surface area contributed by atoms with Crippen molar-refractivity contribution in [3.05, 3.63) is 65.5 Å². The summed E-state index contributed by atoms with van der Waals surface area (Å²) in [4.78, 5) is 0. The summed E-state index contributed by atoms with van der Waals surface area (Å²) in [6.45, 7) is 0. The number of alkyl halides is 1. The number of hydrogen-bond acceptors (Lipinski definition) is 1. The molecule has 0 aliphatic rings. The Hall–Kier alpha value is -1.54. The first-order chi connectivity index (χ1) is 9.22. The average molecular weight is 279 g/mol. The zero-order chi connectivity index (χ0) is 13.7. The monoisotopic (exact) mass is 278 g/mol. The van der Waals surface area contributed by atoms with Gasteiger partial charge in [-0.2, -0.15) is 0 Å². The highest BCUT2D eigenvalue weighted by atomic mass is 35.5. The number of ether oxygens (including phenoxy) is 1. The van der Waals surface area contributed by atoms with E-state index in [4.69, 9.17) is 16.3 Å². The normalized spacial score (nSPS) is 12.2. The Kier molecular flexibility index (Phi) is 4.80. The summed E-state index contributed by atoms with van der Waals surface area (Å²) in [5, 5.41) is -0.105. The fraction of sp³-hybridized carbons (Fsp3) is 0.250. The Morgan fingerprint density at radius 3 is 2.53 bits per heavy atom. The van der Waals surface area contributed by atoms with Gasteiger partial charge in [-0.1, -0.05) is 42.5 Å². The second-order valence-corrected chi connectivity index (χ2v) is 4.88. The number of rotatable bonds is 5. The zero-order valence-corrected chi connectivity index (χ0v) is 11.5. The summed E-state index contributed by atoms with van der Waals surface area (Å²) < 4.78 is 18.9. The van der Waals surface area contributed by atoms with Gasteiger partial charge >= 0.3 is 0 Å². The smallest absolute Gasteiger partial charge is 0.168 e. The molecule has 19 heavy (non-hydrogen) atoms. The average Bonchev–Trinajstić information content (AvgIpc) is 2.47. The summed E-state index contributed by atoms with van der Waals surface area (Å²) in [5.74, 6) is -0.00902. The van der Waals surface area contributed by atoms with Gasteiger partial charge in [-0.25, -0.2) is 4.39 Å². The molecule has 2 aromatic rings. The first-order valence-corrected chi connectivity index (χ1v) is 6.66. The first kappa shape index (κ1) is 13.9. The molecule has 0 heterocycles. The molecule has 0 radical (unpaired) electrons. The van der Waals surface area contributed by atoms with Crippen LogP contribution in [0.5, 0.6) is 5.75 Å². The Bertz CT molecular complexity index is 528. The van der Waals surface area contributed by atoms with Crippen LogP contribution in [0.3, 0.4) is 0 Å². The van der Waals surface area contributed by atoms with E-state index in [2.05, 4.69) is 0 Å². The molecule has 2 rings (SSSR count). The SMILES string of the molecule is COc1cccc(CCC(Cl)c2ccccc2)c1F. The van der Waals surface area contributed by atoms with Crippen LogP contribution in [0.25, 0.3) is 0 Å². The Labute approximate surface area is 118 Å². The van der Waals surface area contributed by atoms with Gasteiger partial charge in [-0.05, 0) is 30.0 Å². The van der Waals surface area contributed by atoms with E-state index in [0.29, 0.717) is 18.4 Å². The molecule has 0 bridgehead atoms. The molecule has 0 aliphatic carbocycles. The van der Waals surface area contributed by atoms with Crippen molar-refractivity contribution in [2.24, 2.45) is 0 Å². The minimum Gasteiger partial charge on any atom is -0.494 e. The van der Waals surface area contributed by atoms with Crippen molar-refractivity contribution < 1.29 is 9.13 Å². The maximum atomic E-state index is 14.0. The molecule has 3 heteroatoms. The maximum Gasteiger partial charge on any atom is 0.168 e. The van der Waals surface area contributed by atoms with Crippen LogP contribution in [-0.2, 0) is 6.42 Å². The minimum atomic E-state index is -0.290. The van der Waals surface area contributed by atoms with E-state index in [1.54, 1.807) is 18.2 Å². The van der Waals surface area contributed by atoms with Crippen LogP contribution in [0.2, 0.25) is 0 Å². The fourth-order valence-corrected chi connectivity index (χ4v) is 2.27. The van der Waals surface area contributed by atoms with Gasteiger partial charge in [0.15, 0.2) is 11.6 Å². The fourth-order valence-electron chi connectivity index (χ4n) is 2.02. The highest BCUT2D eigenvalue weighted by Gasteiger charge is 2.12. The Balaban J connectivity index is 2.03. The molecule has 0 aliphatic heterocycles. The highest BCUT2D eigenvalue weighted by Crippen LogP contribution is 2.28. The van der Waals surface area contributed by atoms with Gasteiger partial charge in [-0.15, -0.1) is 11.6 Å². The summed E-state index contributed by atoms with van der Waals surface area (Å²) >= 11 is 6.33. The van der Waals surface area contributed by atoms with Gasteiger partial charge in [0.25, 0.3) is 0 Å². The molecular formula is C16H16ClFO. The standard InChI is InChI=1S/C16H16ClFO/c1-19-15-9-5-8-13(16(15)18)10-11-14(17)12-6-3-2-4-7-12/h2-9,14H,10-11H2,1H3. The molecule has 0 saturated heterocycles. The predicted octanol–water partition coefficient (Wildman–Crippen LogP) is 4.75. The highest BCUT2D eigenvalue weighted by molar-refractivity contribution is 6.20. The molecule has 1 atom stereocenters. The quantitative estimate of drug-likeness (QED) is 0.717. The molecule has 0 N–H and O–H groups in total. The zero-order valence-electron chi connectivity index (χ0n) is 10.8. The predicted molar refractivity (Wildman–Crippen MR) is 76.3 cm³/mol. The molecule has 1 unspecified atom stereocenters. The van der Waals surface area contributed by atoms with E-state index < -0.39 is 0 Å². The van der Waals surface area contributed by atoms with Gasteiger partial charge in [0.2, 0.25) is 0 Å². The summed E-state index contributed by atoms with van der Waals surface area (Å²) in [6, 6.07) is 15.0. The Morgan fingerprint density at radius 2 is 1.84 bits per heavy atom. The van der Waals surface area contributed by atoms with Crippen LogP contribution >= 0.6 is 11.6 Å². The van der Waals surface area contributed by atoms with E-state index in [9.17, 15) is 4.39 Å². The molecule has 100 valence electrons. The maximum absolute atomic E-state index is 14.0. The van der Waals surface area contributed by atoms with Crippen molar-refractivity contribution in [2.75, 3.05) is 7.11 Å². The van der Waals surface area contributed by atoms with Crippen molar-refractivity contribution in [1.29, 1.82) is 0 Å². The Morgan fingerprint density at radius 1 is 1.11 bits per heavy atom. The summed E-state index contributed by atoms with van der Waals surface area (Å²) in [6.07, 6.45) is 1.28. The molecule has 0 spiro atoms. The van der Waals surface area contributed by atoms with Crippen LogP contribution in [0.1, 0.15) is 22.9 Å². The lowest BCUT2D eigenvalue weighted by Crippen LogP contribution is -1.98. The second kappa shape index (κ2) is 6.58. The van der Waals surface area contributed by atoms with E-state index >= 15 is 0 Å². The van der Waals surface area contributed by atoms with Gasteiger partial charge < -0.3 is 4.74 Å². The van der Waals surface area contributed by atoms with E-state index in [-0.39, 0.29) is 16.9 Å². The van der Waals surface area contributed by atoms with Crippen molar-refractivity contribution in [3.8, 4) is 5.75 Å². The number of hydrogen-bond donors (Lipinski definition) is 0.